The van der Waals surface area contributed by atoms with Gasteiger partial charge < -0.3 is 43.4 Å². The van der Waals surface area contributed by atoms with Crippen LogP contribution < -0.4 is 0 Å². The van der Waals surface area contributed by atoms with Gasteiger partial charge in [-0.2, -0.15) is 0 Å². The predicted molar refractivity (Wildman–Crippen MR) is 162 cm³/mol. The number of carbonyl (C=O) groups excluding carboxylic acids is 1. The zero-order valence-corrected chi connectivity index (χ0v) is 26.2. The van der Waals surface area contributed by atoms with Gasteiger partial charge in [0.1, 0.15) is 11.5 Å². The van der Waals surface area contributed by atoms with Crippen molar-refractivity contribution in [2.75, 3.05) is 61.0 Å². The highest BCUT2D eigenvalue weighted by atomic mass is 16.9. The standard InChI is InChI=1S/C33H50O10/c1-5-6-7-8-9-10-19-32(26-27-11-15-29(34)16-12-27,43-31(36)28-13-17-30(35)18-14-28)33(40-23-20-37-2,41-24-21-38-3)42-25-22-39-4/h11-18,34-35H,5-10,19-26H2,1-4H3. The molecule has 0 aromatic heterocycles. The summed E-state index contributed by atoms with van der Waals surface area (Å²) in [6.07, 6.45) is 6.51. The highest BCUT2D eigenvalue weighted by Crippen LogP contribution is 2.41. The van der Waals surface area contributed by atoms with Gasteiger partial charge in [0.15, 0.2) is 5.60 Å². The molecule has 0 saturated carbocycles. The van der Waals surface area contributed by atoms with E-state index in [9.17, 15) is 15.0 Å². The van der Waals surface area contributed by atoms with Crippen LogP contribution in [0.2, 0.25) is 0 Å². The monoisotopic (exact) mass is 606 g/mol. The SMILES string of the molecule is CCCCCCCCC(Cc1ccc(O)cc1)(OC(=O)c1ccc(O)cc1)C(OCCOC)(OCCOC)OCCOC. The molecular weight excluding hydrogens is 556 g/mol. The van der Waals surface area contributed by atoms with Gasteiger partial charge in [-0.15, -0.1) is 0 Å². The lowest BCUT2D eigenvalue weighted by atomic mass is 9.85. The molecule has 0 saturated heterocycles. The van der Waals surface area contributed by atoms with Gasteiger partial charge in [-0.05, 0) is 54.8 Å². The molecule has 2 N–H and O–H groups in total. The fraction of sp³-hybridized carbons (Fsp3) is 0.606. The fourth-order valence-corrected chi connectivity index (χ4v) is 4.77. The lowest BCUT2D eigenvalue weighted by Gasteiger charge is -2.48. The third-order valence-electron chi connectivity index (χ3n) is 7.05. The molecule has 1 unspecified atom stereocenters. The molecule has 1 atom stereocenters. The zero-order chi connectivity index (χ0) is 31.4. The van der Waals surface area contributed by atoms with Crippen molar-refractivity contribution >= 4 is 5.97 Å². The Morgan fingerprint density at radius 3 is 1.60 bits per heavy atom. The zero-order valence-electron chi connectivity index (χ0n) is 26.2. The van der Waals surface area contributed by atoms with E-state index in [1.807, 2.05) is 0 Å². The van der Waals surface area contributed by atoms with E-state index in [-0.39, 0.29) is 63.1 Å². The molecule has 0 heterocycles. The predicted octanol–water partition coefficient (Wildman–Crippen LogP) is 5.63. The Balaban J connectivity index is 2.68. The second kappa shape index (κ2) is 20.3. The minimum Gasteiger partial charge on any atom is -0.508 e. The van der Waals surface area contributed by atoms with Gasteiger partial charge in [0.05, 0.1) is 45.2 Å². The number of hydrogen-bond acceptors (Lipinski definition) is 10. The lowest BCUT2D eigenvalue weighted by Crippen LogP contribution is -2.63. The van der Waals surface area contributed by atoms with E-state index in [1.54, 1.807) is 45.6 Å². The van der Waals surface area contributed by atoms with Gasteiger partial charge in [0.2, 0.25) is 0 Å². The number of ether oxygens (including phenoxy) is 7. The van der Waals surface area contributed by atoms with Crippen LogP contribution >= 0.6 is 0 Å². The number of aromatic hydroxyl groups is 2. The summed E-state index contributed by atoms with van der Waals surface area (Å²) in [6.45, 7) is 3.14. The van der Waals surface area contributed by atoms with Crippen LogP contribution in [0.25, 0.3) is 0 Å². The first-order chi connectivity index (χ1) is 20.8. The third-order valence-corrected chi connectivity index (χ3v) is 7.05. The fourth-order valence-electron chi connectivity index (χ4n) is 4.77. The maximum absolute atomic E-state index is 13.8. The number of benzene rings is 2. The average molecular weight is 607 g/mol. The van der Waals surface area contributed by atoms with Gasteiger partial charge in [-0.1, -0.05) is 51.2 Å². The van der Waals surface area contributed by atoms with Crippen LogP contribution in [-0.4, -0.2) is 88.7 Å². The van der Waals surface area contributed by atoms with Crippen LogP contribution in [0.5, 0.6) is 11.5 Å². The van der Waals surface area contributed by atoms with Gasteiger partial charge in [0, 0.05) is 27.8 Å². The number of unbranched alkanes of at least 4 members (excludes halogenated alkanes) is 5. The second-order valence-electron chi connectivity index (χ2n) is 10.4. The molecule has 2 aromatic carbocycles. The molecule has 10 nitrogen and oxygen atoms in total. The molecule has 0 fully saturated rings. The molecule has 0 aliphatic heterocycles. The molecule has 0 aliphatic carbocycles. The van der Waals surface area contributed by atoms with E-state index < -0.39 is 17.5 Å². The Bertz CT molecular complexity index is 985. The molecule has 0 bridgehead atoms. The molecule has 2 rings (SSSR count). The van der Waals surface area contributed by atoms with Gasteiger partial charge in [-0.3, -0.25) is 0 Å². The minimum atomic E-state index is -1.88. The quantitative estimate of drug-likeness (QED) is 0.0883. The van der Waals surface area contributed by atoms with E-state index in [2.05, 4.69) is 6.92 Å². The van der Waals surface area contributed by atoms with E-state index in [0.29, 0.717) is 12.8 Å². The van der Waals surface area contributed by atoms with Gasteiger partial charge in [0.25, 0.3) is 0 Å². The summed E-state index contributed by atoms with van der Waals surface area (Å²) in [7, 11) is 4.69. The van der Waals surface area contributed by atoms with E-state index in [0.717, 1.165) is 37.7 Å². The first kappa shape index (κ1) is 36.5. The van der Waals surface area contributed by atoms with Gasteiger partial charge >= 0.3 is 11.9 Å². The first-order valence-corrected chi connectivity index (χ1v) is 15.0. The maximum atomic E-state index is 13.8. The molecule has 0 radical (unpaired) electrons. The minimum absolute atomic E-state index is 0.0297. The Morgan fingerprint density at radius 1 is 0.651 bits per heavy atom. The molecule has 0 spiro atoms. The number of phenolic OH excluding ortho intramolecular Hbond substituents is 2. The molecule has 43 heavy (non-hydrogen) atoms. The van der Waals surface area contributed by atoms with Gasteiger partial charge in [-0.25, -0.2) is 4.79 Å². The van der Waals surface area contributed by atoms with Crippen LogP contribution in [0.4, 0.5) is 0 Å². The van der Waals surface area contributed by atoms with Crippen molar-refractivity contribution in [2.24, 2.45) is 0 Å². The summed E-state index contributed by atoms with van der Waals surface area (Å²) in [5, 5.41) is 19.8. The summed E-state index contributed by atoms with van der Waals surface area (Å²) in [4.78, 5) is 13.8. The number of carbonyl (C=O) groups is 1. The van der Waals surface area contributed by atoms with Crippen molar-refractivity contribution in [3.63, 3.8) is 0 Å². The summed E-state index contributed by atoms with van der Waals surface area (Å²) in [5.74, 6) is -2.37. The van der Waals surface area contributed by atoms with Crippen LogP contribution in [-0.2, 0) is 39.6 Å². The normalized spacial score (nSPS) is 13.1. The molecule has 0 amide bonds. The molecule has 242 valence electrons. The van der Waals surface area contributed by atoms with Crippen LogP contribution in [0, 0.1) is 0 Å². The summed E-state index contributed by atoms with van der Waals surface area (Å²) >= 11 is 0. The number of methoxy groups -OCH3 is 3. The smallest absolute Gasteiger partial charge is 0.338 e. The second-order valence-corrected chi connectivity index (χ2v) is 10.4. The summed E-state index contributed by atoms with van der Waals surface area (Å²) < 4.78 is 41.6. The Hall–Kier alpha value is -2.73. The molecular formula is C33H50O10. The first-order valence-electron chi connectivity index (χ1n) is 15.0. The van der Waals surface area contributed by atoms with Crippen molar-refractivity contribution in [1.82, 2.24) is 0 Å². The molecule has 0 aliphatic rings. The van der Waals surface area contributed by atoms with E-state index in [4.69, 9.17) is 33.2 Å². The lowest BCUT2D eigenvalue weighted by molar-refractivity contribution is -0.443. The number of esters is 1. The van der Waals surface area contributed by atoms with Crippen molar-refractivity contribution in [3.8, 4) is 11.5 Å². The average Bonchev–Trinajstić information content (AvgIpc) is 3.00. The van der Waals surface area contributed by atoms with E-state index >= 15 is 0 Å². The maximum Gasteiger partial charge on any atom is 0.338 e. The Kier molecular flexibility index (Phi) is 17.2. The Labute approximate surface area is 256 Å². The largest absolute Gasteiger partial charge is 0.508 e. The molecule has 10 heteroatoms. The summed E-state index contributed by atoms with van der Waals surface area (Å²) in [6, 6.07) is 12.6. The van der Waals surface area contributed by atoms with Crippen LogP contribution in [0.3, 0.4) is 0 Å². The highest BCUT2D eigenvalue weighted by molar-refractivity contribution is 5.89. The topological polar surface area (TPSA) is 122 Å². The summed E-state index contributed by atoms with van der Waals surface area (Å²) in [5.41, 5.74) is -0.484. The molecule has 2 aromatic rings. The number of phenols is 2. The van der Waals surface area contributed by atoms with Crippen molar-refractivity contribution in [1.29, 1.82) is 0 Å². The van der Waals surface area contributed by atoms with E-state index in [1.165, 1.54) is 24.3 Å². The van der Waals surface area contributed by atoms with Crippen molar-refractivity contribution in [2.45, 2.75) is 69.9 Å². The van der Waals surface area contributed by atoms with Crippen molar-refractivity contribution in [3.05, 3.63) is 59.7 Å². The Morgan fingerprint density at radius 2 is 1.12 bits per heavy atom. The number of hydrogen-bond donors (Lipinski definition) is 2. The number of rotatable bonds is 24. The van der Waals surface area contributed by atoms with Crippen LogP contribution in [0.15, 0.2) is 48.5 Å². The highest BCUT2D eigenvalue weighted by Gasteiger charge is 2.59. The third kappa shape index (κ3) is 12.1. The van der Waals surface area contributed by atoms with Crippen molar-refractivity contribution < 1.29 is 48.2 Å². The van der Waals surface area contributed by atoms with Crippen LogP contribution in [0.1, 0.15) is 67.8 Å².